The van der Waals surface area contributed by atoms with Gasteiger partial charge in [-0.1, -0.05) is 46.4 Å². The first-order valence-corrected chi connectivity index (χ1v) is 5.85. The Bertz CT molecular complexity index is 268. The lowest BCUT2D eigenvalue weighted by Gasteiger charge is -2.22. The predicted molar refractivity (Wildman–Crippen MR) is 47.3 cm³/mol. The van der Waals surface area contributed by atoms with E-state index in [1.807, 2.05) is 0 Å². The van der Waals surface area contributed by atoms with Crippen molar-refractivity contribution in [2.45, 2.75) is 14.4 Å². The molecule has 0 aromatic rings. The van der Waals surface area contributed by atoms with Crippen LogP contribution in [0.5, 0.6) is 0 Å². The van der Waals surface area contributed by atoms with Gasteiger partial charge in [-0.15, -0.1) is 0 Å². The summed E-state index contributed by atoms with van der Waals surface area (Å²) in [6, 6.07) is 0. The molecule has 0 aliphatic carbocycles. The van der Waals surface area contributed by atoms with Gasteiger partial charge in [-0.3, -0.25) is 0 Å². The van der Waals surface area contributed by atoms with Gasteiger partial charge in [-0.2, -0.15) is 0 Å². The second-order valence-electron chi connectivity index (χ2n) is 2.29. The zero-order valence-electron chi connectivity index (χ0n) is 5.15. The standard InChI is InChI=1S/C4H4Cl4O2S/c5-3(6)1-2-11(9,10)4(3,7)8/h1-2H2. The van der Waals surface area contributed by atoms with Crippen molar-refractivity contribution in [2.75, 3.05) is 5.75 Å². The molecule has 0 unspecified atom stereocenters. The average molecular weight is 258 g/mol. The molecule has 7 heteroatoms. The van der Waals surface area contributed by atoms with Crippen LogP contribution in [-0.2, 0) is 9.84 Å². The van der Waals surface area contributed by atoms with Crippen molar-refractivity contribution in [1.82, 2.24) is 0 Å². The first kappa shape index (κ1) is 10.2. The summed E-state index contributed by atoms with van der Waals surface area (Å²) < 4.78 is 18.5. The van der Waals surface area contributed by atoms with Crippen LogP contribution < -0.4 is 0 Å². The van der Waals surface area contributed by atoms with Gasteiger partial charge in [0.1, 0.15) is 0 Å². The van der Waals surface area contributed by atoms with Gasteiger partial charge >= 0.3 is 0 Å². The Labute approximate surface area is 84.7 Å². The maximum absolute atomic E-state index is 11.1. The highest BCUT2D eigenvalue weighted by atomic mass is 35.5. The van der Waals surface area contributed by atoms with Crippen molar-refractivity contribution in [2.24, 2.45) is 0 Å². The number of sulfone groups is 1. The Morgan fingerprint density at radius 2 is 1.55 bits per heavy atom. The molecule has 0 saturated carbocycles. The van der Waals surface area contributed by atoms with Crippen LogP contribution in [0.1, 0.15) is 6.42 Å². The molecule has 1 aliphatic rings. The third-order valence-electron chi connectivity index (χ3n) is 1.50. The third-order valence-corrected chi connectivity index (χ3v) is 6.98. The highest BCUT2D eigenvalue weighted by molar-refractivity contribution is 7.96. The quantitative estimate of drug-likeness (QED) is 0.623. The van der Waals surface area contributed by atoms with Gasteiger partial charge in [-0.25, -0.2) is 8.42 Å². The van der Waals surface area contributed by atoms with E-state index in [9.17, 15) is 8.42 Å². The molecule has 1 saturated heterocycles. The first-order valence-electron chi connectivity index (χ1n) is 2.69. The van der Waals surface area contributed by atoms with Gasteiger partial charge in [0, 0.05) is 0 Å². The van der Waals surface area contributed by atoms with Crippen molar-refractivity contribution < 1.29 is 8.42 Å². The monoisotopic (exact) mass is 256 g/mol. The summed E-state index contributed by atoms with van der Waals surface area (Å²) in [7, 11) is -3.57. The van der Waals surface area contributed by atoms with Crippen molar-refractivity contribution in [1.29, 1.82) is 0 Å². The Balaban J connectivity index is 3.21. The van der Waals surface area contributed by atoms with Crippen LogP contribution in [0, 0.1) is 0 Å². The molecule has 1 aliphatic heterocycles. The third kappa shape index (κ3) is 1.35. The molecule has 66 valence electrons. The number of hydrogen-bond donors (Lipinski definition) is 0. The molecule has 0 N–H and O–H groups in total. The summed E-state index contributed by atoms with van der Waals surface area (Å²) in [4.78, 5) is 0. The fourth-order valence-corrected chi connectivity index (χ4v) is 3.92. The van der Waals surface area contributed by atoms with E-state index in [1.165, 1.54) is 0 Å². The second-order valence-corrected chi connectivity index (χ2v) is 7.80. The molecule has 0 aromatic heterocycles. The Morgan fingerprint density at radius 3 is 1.64 bits per heavy atom. The van der Waals surface area contributed by atoms with Gasteiger partial charge in [-0.05, 0) is 6.42 Å². The summed E-state index contributed by atoms with van der Waals surface area (Å²) in [5.41, 5.74) is 0. The topological polar surface area (TPSA) is 34.1 Å². The zero-order valence-corrected chi connectivity index (χ0v) is 8.99. The van der Waals surface area contributed by atoms with Gasteiger partial charge in [0.25, 0.3) is 0 Å². The molecule has 0 atom stereocenters. The Hall–Kier alpha value is 1.11. The van der Waals surface area contributed by atoms with Gasteiger partial charge in [0.05, 0.1) is 5.75 Å². The lowest BCUT2D eigenvalue weighted by molar-refractivity contribution is 0.596. The molecular formula is C4H4Cl4O2S. The van der Waals surface area contributed by atoms with Crippen molar-refractivity contribution in [3.05, 3.63) is 0 Å². The van der Waals surface area contributed by atoms with Gasteiger partial charge in [0.15, 0.2) is 14.2 Å². The van der Waals surface area contributed by atoms with E-state index in [2.05, 4.69) is 0 Å². The minimum absolute atomic E-state index is 0.0610. The number of hydrogen-bond acceptors (Lipinski definition) is 2. The molecule has 0 spiro atoms. The van der Waals surface area contributed by atoms with Crippen molar-refractivity contribution >= 4 is 56.2 Å². The van der Waals surface area contributed by atoms with Crippen molar-refractivity contribution in [3.8, 4) is 0 Å². The highest BCUT2D eigenvalue weighted by Gasteiger charge is 2.62. The fraction of sp³-hybridized carbons (Fsp3) is 1.00. The van der Waals surface area contributed by atoms with Crippen LogP contribution in [0.3, 0.4) is 0 Å². The number of halogens is 4. The minimum atomic E-state index is -3.57. The van der Waals surface area contributed by atoms with E-state index < -0.39 is 17.8 Å². The number of rotatable bonds is 0. The molecule has 0 aromatic carbocycles. The summed E-state index contributed by atoms with van der Waals surface area (Å²) in [5, 5.41) is 0. The van der Waals surface area contributed by atoms with Crippen LogP contribution in [0.2, 0.25) is 0 Å². The lowest BCUT2D eigenvalue weighted by atomic mass is 10.4. The van der Waals surface area contributed by atoms with Crippen molar-refractivity contribution in [3.63, 3.8) is 0 Å². The largest absolute Gasteiger partial charge is 0.250 e. The summed E-state index contributed by atoms with van der Waals surface area (Å²) in [6.07, 6.45) is 0.0610. The van der Waals surface area contributed by atoms with E-state index in [1.54, 1.807) is 0 Å². The smallest absolute Gasteiger partial charge is 0.226 e. The fourth-order valence-electron chi connectivity index (χ4n) is 0.764. The van der Waals surface area contributed by atoms with Gasteiger partial charge < -0.3 is 0 Å². The molecule has 2 nitrogen and oxygen atoms in total. The summed E-state index contributed by atoms with van der Waals surface area (Å²) in [5.74, 6) is -0.174. The van der Waals surface area contributed by atoms with Crippen LogP contribution in [0.4, 0.5) is 0 Å². The molecule has 0 radical (unpaired) electrons. The molecule has 0 bridgehead atoms. The second kappa shape index (κ2) is 2.55. The normalized spacial score (nSPS) is 32.0. The van der Waals surface area contributed by atoms with Crippen LogP contribution in [0.25, 0.3) is 0 Å². The molecule has 11 heavy (non-hydrogen) atoms. The molecule has 0 amide bonds. The van der Waals surface area contributed by atoms with Crippen LogP contribution >= 0.6 is 46.4 Å². The average Bonchev–Trinajstić information content (AvgIpc) is 1.93. The molecular weight excluding hydrogens is 254 g/mol. The Morgan fingerprint density at radius 1 is 1.09 bits per heavy atom. The van der Waals surface area contributed by atoms with E-state index in [0.29, 0.717) is 0 Å². The van der Waals surface area contributed by atoms with E-state index >= 15 is 0 Å². The summed E-state index contributed by atoms with van der Waals surface area (Å²) >= 11 is 22.1. The minimum Gasteiger partial charge on any atom is -0.226 e. The first-order chi connectivity index (χ1) is 4.71. The van der Waals surface area contributed by atoms with E-state index in [-0.39, 0.29) is 12.2 Å². The molecule has 1 heterocycles. The maximum Gasteiger partial charge on any atom is 0.250 e. The predicted octanol–water partition coefficient (Wildman–Crippen LogP) is 2.11. The molecule has 1 rings (SSSR count). The maximum atomic E-state index is 11.1. The highest BCUT2D eigenvalue weighted by Crippen LogP contribution is 2.53. The van der Waals surface area contributed by atoms with Gasteiger partial charge in [0.2, 0.25) is 3.67 Å². The van der Waals surface area contributed by atoms with Crippen LogP contribution in [-0.4, -0.2) is 22.2 Å². The Kier molecular flexibility index (Phi) is 2.36. The summed E-state index contributed by atoms with van der Waals surface area (Å²) in [6.45, 7) is 0. The number of alkyl halides is 4. The van der Waals surface area contributed by atoms with E-state index in [0.717, 1.165) is 0 Å². The lowest BCUT2D eigenvalue weighted by Crippen LogP contribution is -2.35. The zero-order chi connectivity index (χ0) is 8.91. The SMILES string of the molecule is O=S1(=O)CCC(Cl)(Cl)C1(Cl)Cl. The molecule has 1 fully saturated rings. The van der Waals surface area contributed by atoms with Crippen LogP contribution in [0.15, 0.2) is 0 Å². The van der Waals surface area contributed by atoms with E-state index in [4.69, 9.17) is 46.4 Å².